The average molecular weight is 368 g/mol. The van der Waals surface area contributed by atoms with Crippen LogP contribution < -0.4 is 11.2 Å². The molecule has 1 aromatic rings. The lowest BCUT2D eigenvalue weighted by molar-refractivity contribution is 0.0656. The zero-order chi connectivity index (χ0) is 13.5. The first-order valence-electron chi connectivity index (χ1n) is 5.68. The SMILES string of the molecule is CCn1cc(I)c(=O)n(CCOCCOC)c1=O. The normalized spacial score (nSPS) is 10.8. The predicted molar refractivity (Wildman–Crippen MR) is 76.0 cm³/mol. The number of hydrogen-bond donors (Lipinski definition) is 0. The third-order valence-corrected chi connectivity index (χ3v) is 3.17. The van der Waals surface area contributed by atoms with Crippen molar-refractivity contribution in [1.82, 2.24) is 9.13 Å². The zero-order valence-corrected chi connectivity index (χ0v) is 12.7. The maximum atomic E-state index is 11.9. The van der Waals surface area contributed by atoms with Crippen molar-refractivity contribution in [3.8, 4) is 0 Å². The Morgan fingerprint density at radius 1 is 1.28 bits per heavy atom. The van der Waals surface area contributed by atoms with Gasteiger partial charge in [-0.2, -0.15) is 0 Å². The highest BCUT2D eigenvalue weighted by atomic mass is 127. The second-order valence-corrected chi connectivity index (χ2v) is 4.77. The fourth-order valence-corrected chi connectivity index (χ4v) is 2.07. The Morgan fingerprint density at radius 3 is 2.61 bits per heavy atom. The molecule has 0 N–H and O–H groups in total. The van der Waals surface area contributed by atoms with E-state index in [4.69, 9.17) is 9.47 Å². The summed E-state index contributed by atoms with van der Waals surface area (Å²) in [7, 11) is 1.59. The van der Waals surface area contributed by atoms with E-state index >= 15 is 0 Å². The van der Waals surface area contributed by atoms with Gasteiger partial charge in [-0.1, -0.05) is 0 Å². The lowest BCUT2D eigenvalue weighted by Gasteiger charge is -2.09. The van der Waals surface area contributed by atoms with Crippen LogP contribution in [0.5, 0.6) is 0 Å². The van der Waals surface area contributed by atoms with E-state index in [1.807, 2.05) is 29.5 Å². The minimum absolute atomic E-state index is 0.262. The molecular formula is C11H17IN2O4. The summed E-state index contributed by atoms with van der Waals surface area (Å²) in [6.45, 7) is 3.94. The van der Waals surface area contributed by atoms with Crippen LogP contribution in [0.2, 0.25) is 0 Å². The third-order valence-electron chi connectivity index (χ3n) is 2.43. The average Bonchev–Trinajstić information content (AvgIpc) is 2.37. The number of halogens is 1. The Hall–Kier alpha value is -0.670. The number of aryl methyl sites for hydroxylation is 1. The highest BCUT2D eigenvalue weighted by molar-refractivity contribution is 14.1. The van der Waals surface area contributed by atoms with Crippen LogP contribution in [-0.2, 0) is 22.6 Å². The van der Waals surface area contributed by atoms with E-state index in [2.05, 4.69) is 0 Å². The molecule has 0 saturated heterocycles. The number of rotatable bonds is 7. The van der Waals surface area contributed by atoms with Crippen LogP contribution in [0, 0.1) is 3.57 Å². The molecule has 1 rings (SSSR count). The van der Waals surface area contributed by atoms with Crippen LogP contribution in [-0.4, -0.2) is 36.1 Å². The molecule has 0 aliphatic carbocycles. The second-order valence-electron chi connectivity index (χ2n) is 3.61. The van der Waals surface area contributed by atoms with Gasteiger partial charge in [0.2, 0.25) is 0 Å². The maximum Gasteiger partial charge on any atom is 0.331 e. The molecule has 0 saturated carbocycles. The number of hydrogen-bond acceptors (Lipinski definition) is 4. The van der Waals surface area contributed by atoms with Crippen molar-refractivity contribution in [3.63, 3.8) is 0 Å². The van der Waals surface area contributed by atoms with Crippen molar-refractivity contribution in [2.24, 2.45) is 0 Å². The van der Waals surface area contributed by atoms with Gasteiger partial charge in [0.25, 0.3) is 5.56 Å². The van der Waals surface area contributed by atoms with Crippen LogP contribution in [0.4, 0.5) is 0 Å². The fraction of sp³-hybridized carbons (Fsp3) is 0.636. The van der Waals surface area contributed by atoms with Crippen molar-refractivity contribution in [2.75, 3.05) is 26.9 Å². The van der Waals surface area contributed by atoms with E-state index in [1.54, 1.807) is 13.3 Å². The summed E-state index contributed by atoms with van der Waals surface area (Å²) in [5.41, 5.74) is -0.557. The molecule has 0 aliphatic heterocycles. The van der Waals surface area contributed by atoms with Crippen molar-refractivity contribution < 1.29 is 9.47 Å². The summed E-state index contributed by atoms with van der Waals surface area (Å²) >= 11 is 1.94. The standard InChI is InChI=1S/C11H17IN2O4/c1-3-13-8-9(12)10(15)14(11(13)16)4-5-18-7-6-17-2/h8H,3-7H2,1-2H3. The number of ether oxygens (including phenoxy) is 2. The molecule has 6 nitrogen and oxygen atoms in total. The fourth-order valence-electron chi connectivity index (χ4n) is 1.44. The molecule has 1 aromatic heterocycles. The molecule has 0 unspecified atom stereocenters. The predicted octanol–water partition coefficient (Wildman–Crippen LogP) is 0.298. The molecule has 7 heteroatoms. The van der Waals surface area contributed by atoms with E-state index in [1.165, 1.54) is 9.13 Å². The van der Waals surface area contributed by atoms with Crippen LogP contribution in [0.25, 0.3) is 0 Å². The first-order valence-corrected chi connectivity index (χ1v) is 6.76. The third kappa shape index (κ3) is 3.92. The molecule has 0 atom stereocenters. The molecule has 0 spiro atoms. The summed E-state index contributed by atoms with van der Waals surface area (Å²) in [6, 6.07) is 0. The van der Waals surface area contributed by atoms with E-state index in [0.717, 1.165) is 0 Å². The lowest BCUT2D eigenvalue weighted by atomic mass is 10.5. The summed E-state index contributed by atoms with van der Waals surface area (Å²) in [4.78, 5) is 23.8. The molecule has 0 bridgehead atoms. The topological polar surface area (TPSA) is 62.5 Å². The van der Waals surface area contributed by atoms with Gasteiger partial charge in [-0.05, 0) is 29.5 Å². The minimum Gasteiger partial charge on any atom is -0.382 e. The zero-order valence-electron chi connectivity index (χ0n) is 10.5. The van der Waals surface area contributed by atoms with Crippen LogP contribution in [0.3, 0.4) is 0 Å². The smallest absolute Gasteiger partial charge is 0.331 e. The molecule has 18 heavy (non-hydrogen) atoms. The summed E-state index contributed by atoms with van der Waals surface area (Å²) in [5, 5.41) is 0. The van der Waals surface area contributed by atoms with Gasteiger partial charge >= 0.3 is 5.69 Å². The first kappa shape index (κ1) is 15.4. The highest BCUT2D eigenvalue weighted by Gasteiger charge is 2.08. The number of methoxy groups -OCH3 is 1. The Balaban J connectivity index is 2.79. The highest BCUT2D eigenvalue weighted by Crippen LogP contribution is 1.94. The van der Waals surface area contributed by atoms with Gasteiger partial charge < -0.3 is 9.47 Å². The van der Waals surface area contributed by atoms with E-state index in [0.29, 0.717) is 29.9 Å². The molecule has 0 aromatic carbocycles. The molecule has 0 radical (unpaired) electrons. The summed E-state index contributed by atoms with van der Waals surface area (Å²) in [5.74, 6) is 0. The molecule has 0 fully saturated rings. The maximum absolute atomic E-state index is 11.9. The van der Waals surface area contributed by atoms with Gasteiger partial charge in [0.15, 0.2) is 0 Å². The van der Waals surface area contributed by atoms with Crippen molar-refractivity contribution in [1.29, 1.82) is 0 Å². The second kappa shape index (κ2) is 7.70. The lowest BCUT2D eigenvalue weighted by Crippen LogP contribution is -2.41. The summed E-state index contributed by atoms with van der Waals surface area (Å²) in [6.07, 6.45) is 1.58. The van der Waals surface area contributed by atoms with Gasteiger partial charge in [0, 0.05) is 19.9 Å². The largest absolute Gasteiger partial charge is 0.382 e. The molecule has 0 aliphatic rings. The number of nitrogens with zero attached hydrogens (tertiary/aromatic N) is 2. The number of aromatic nitrogens is 2. The minimum atomic E-state index is -0.293. The van der Waals surface area contributed by atoms with Crippen molar-refractivity contribution in [3.05, 3.63) is 30.6 Å². The van der Waals surface area contributed by atoms with Crippen LogP contribution in [0.15, 0.2) is 15.8 Å². The quantitative estimate of drug-likeness (QED) is 0.513. The summed E-state index contributed by atoms with van der Waals surface area (Å²) < 4.78 is 13.4. The van der Waals surface area contributed by atoms with Crippen LogP contribution >= 0.6 is 22.6 Å². The molecule has 1 heterocycles. The van der Waals surface area contributed by atoms with Crippen molar-refractivity contribution >= 4 is 22.6 Å². The van der Waals surface area contributed by atoms with Crippen molar-refractivity contribution in [2.45, 2.75) is 20.0 Å². The Labute approximate surface area is 119 Å². The monoisotopic (exact) mass is 368 g/mol. The Kier molecular flexibility index (Phi) is 6.58. The van der Waals surface area contributed by atoms with Gasteiger partial charge in [-0.25, -0.2) is 4.79 Å². The van der Waals surface area contributed by atoms with E-state index in [-0.39, 0.29) is 17.8 Å². The van der Waals surface area contributed by atoms with Gasteiger partial charge in [-0.3, -0.25) is 13.9 Å². The van der Waals surface area contributed by atoms with Gasteiger partial charge in [-0.15, -0.1) is 0 Å². The Morgan fingerprint density at radius 2 is 2.00 bits per heavy atom. The molecular weight excluding hydrogens is 351 g/mol. The first-order chi connectivity index (χ1) is 8.61. The van der Waals surface area contributed by atoms with E-state index < -0.39 is 0 Å². The van der Waals surface area contributed by atoms with Gasteiger partial charge in [0.1, 0.15) is 0 Å². The Bertz CT molecular complexity index is 495. The van der Waals surface area contributed by atoms with Gasteiger partial charge in [0.05, 0.1) is 29.9 Å². The molecule has 102 valence electrons. The van der Waals surface area contributed by atoms with E-state index in [9.17, 15) is 9.59 Å². The molecule has 0 amide bonds. The van der Waals surface area contributed by atoms with Crippen LogP contribution in [0.1, 0.15) is 6.92 Å².